The van der Waals surface area contributed by atoms with Crippen LogP contribution in [-0.2, 0) is 4.74 Å². The molecule has 1 fully saturated rings. The third-order valence-electron chi connectivity index (χ3n) is 3.60. The first-order chi connectivity index (χ1) is 8.00. The van der Waals surface area contributed by atoms with Gasteiger partial charge >= 0.3 is 0 Å². The van der Waals surface area contributed by atoms with Crippen molar-refractivity contribution in [3.63, 3.8) is 0 Å². The summed E-state index contributed by atoms with van der Waals surface area (Å²) in [6.45, 7) is 9.33. The lowest BCUT2D eigenvalue weighted by atomic mass is 9.96. The Morgan fingerprint density at radius 2 is 1.94 bits per heavy atom. The average molecular weight is 234 g/mol. The van der Waals surface area contributed by atoms with Crippen LogP contribution in [0.15, 0.2) is 24.3 Å². The number of benzene rings is 1. The van der Waals surface area contributed by atoms with Crippen molar-refractivity contribution in [1.29, 1.82) is 0 Å². The molecule has 1 unspecified atom stereocenters. The van der Waals surface area contributed by atoms with Gasteiger partial charge in [0.2, 0.25) is 0 Å². The number of hydrogen-bond acceptors (Lipinski definition) is 3. The predicted octanol–water partition coefficient (Wildman–Crippen LogP) is 2.44. The van der Waals surface area contributed by atoms with Crippen LogP contribution in [0.5, 0.6) is 0 Å². The number of hydrogen-bond donors (Lipinski definition) is 1. The molecule has 3 nitrogen and oxygen atoms in total. The molecule has 0 radical (unpaired) electrons. The lowest BCUT2D eigenvalue weighted by molar-refractivity contribution is -0.0695. The highest BCUT2D eigenvalue weighted by Crippen LogP contribution is 2.30. The second-order valence-corrected chi connectivity index (χ2v) is 5.40. The van der Waals surface area contributed by atoms with Crippen molar-refractivity contribution in [2.24, 2.45) is 0 Å². The Morgan fingerprint density at radius 3 is 2.53 bits per heavy atom. The summed E-state index contributed by atoms with van der Waals surface area (Å²) in [5.74, 6) is 0. The third kappa shape index (κ3) is 2.61. The Balaban J connectivity index is 2.18. The molecule has 1 aliphatic heterocycles. The van der Waals surface area contributed by atoms with Crippen molar-refractivity contribution in [3.8, 4) is 0 Å². The number of nitrogens with zero attached hydrogens (tertiary/aromatic N) is 1. The van der Waals surface area contributed by atoms with Gasteiger partial charge in [-0.15, -0.1) is 0 Å². The fourth-order valence-corrected chi connectivity index (χ4v) is 2.54. The topological polar surface area (TPSA) is 38.5 Å². The molecule has 0 aliphatic carbocycles. The van der Waals surface area contributed by atoms with Crippen molar-refractivity contribution in [2.75, 3.05) is 25.5 Å². The fourth-order valence-electron chi connectivity index (χ4n) is 2.54. The summed E-state index contributed by atoms with van der Waals surface area (Å²) < 4.78 is 5.56. The highest BCUT2D eigenvalue weighted by molar-refractivity contribution is 5.40. The highest BCUT2D eigenvalue weighted by atomic mass is 16.5. The van der Waals surface area contributed by atoms with Crippen LogP contribution < -0.4 is 5.73 Å². The zero-order valence-electron chi connectivity index (χ0n) is 10.9. The molecule has 0 spiro atoms. The van der Waals surface area contributed by atoms with Gasteiger partial charge in [-0.2, -0.15) is 0 Å². The Hall–Kier alpha value is -1.06. The molecule has 17 heavy (non-hydrogen) atoms. The van der Waals surface area contributed by atoms with E-state index >= 15 is 0 Å². The third-order valence-corrected chi connectivity index (χ3v) is 3.60. The minimum Gasteiger partial charge on any atom is -0.399 e. The first kappa shape index (κ1) is 12.4. The van der Waals surface area contributed by atoms with Crippen LogP contribution >= 0.6 is 0 Å². The number of nitrogens with two attached hydrogens (primary N) is 1. The van der Waals surface area contributed by atoms with Gasteiger partial charge in [0.25, 0.3) is 0 Å². The smallest absolute Gasteiger partial charge is 0.0645 e. The molecule has 1 saturated heterocycles. The van der Waals surface area contributed by atoms with Crippen LogP contribution in [0.2, 0.25) is 0 Å². The molecule has 0 bridgehead atoms. The Labute approximate surface area is 104 Å². The van der Waals surface area contributed by atoms with Gasteiger partial charge in [0.1, 0.15) is 0 Å². The molecule has 3 heteroatoms. The van der Waals surface area contributed by atoms with Gasteiger partial charge in [-0.05, 0) is 38.5 Å². The van der Waals surface area contributed by atoms with Gasteiger partial charge in [0.15, 0.2) is 0 Å². The second-order valence-electron chi connectivity index (χ2n) is 5.40. The Kier molecular flexibility index (Phi) is 3.40. The van der Waals surface area contributed by atoms with Gasteiger partial charge in [0, 0.05) is 23.8 Å². The van der Waals surface area contributed by atoms with Crippen LogP contribution in [-0.4, -0.2) is 30.2 Å². The zero-order valence-corrected chi connectivity index (χ0v) is 10.9. The average Bonchev–Trinajstić information content (AvgIpc) is 2.28. The largest absolute Gasteiger partial charge is 0.399 e. The van der Waals surface area contributed by atoms with E-state index in [1.54, 1.807) is 0 Å². The van der Waals surface area contributed by atoms with E-state index in [-0.39, 0.29) is 5.54 Å². The maximum atomic E-state index is 5.72. The van der Waals surface area contributed by atoms with Crippen LogP contribution in [0.25, 0.3) is 0 Å². The minimum atomic E-state index is 0.0963. The summed E-state index contributed by atoms with van der Waals surface area (Å²) in [5.41, 5.74) is 7.96. The van der Waals surface area contributed by atoms with Gasteiger partial charge in [-0.3, -0.25) is 4.90 Å². The molecule has 0 saturated carbocycles. The zero-order chi connectivity index (χ0) is 12.5. The van der Waals surface area contributed by atoms with Crippen LogP contribution in [0.4, 0.5) is 5.69 Å². The van der Waals surface area contributed by atoms with E-state index in [0.717, 1.165) is 25.4 Å². The van der Waals surface area contributed by atoms with Crippen LogP contribution in [0, 0.1) is 0 Å². The van der Waals surface area contributed by atoms with Crippen molar-refractivity contribution in [3.05, 3.63) is 29.8 Å². The predicted molar refractivity (Wildman–Crippen MR) is 70.9 cm³/mol. The number of morpholine rings is 1. The van der Waals surface area contributed by atoms with Crippen molar-refractivity contribution < 1.29 is 4.74 Å². The molecular weight excluding hydrogens is 212 g/mol. The van der Waals surface area contributed by atoms with Gasteiger partial charge in [-0.25, -0.2) is 0 Å². The molecule has 94 valence electrons. The van der Waals surface area contributed by atoms with E-state index in [0.29, 0.717) is 6.04 Å². The van der Waals surface area contributed by atoms with E-state index in [9.17, 15) is 0 Å². The monoisotopic (exact) mass is 234 g/mol. The Morgan fingerprint density at radius 1 is 1.29 bits per heavy atom. The van der Waals surface area contributed by atoms with Crippen molar-refractivity contribution in [2.45, 2.75) is 32.4 Å². The maximum absolute atomic E-state index is 5.72. The highest BCUT2D eigenvalue weighted by Gasteiger charge is 2.34. The number of anilines is 1. The van der Waals surface area contributed by atoms with Gasteiger partial charge in [0.05, 0.1) is 13.2 Å². The molecule has 1 heterocycles. The first-order valence-electron chi connectivity index (χ1n) is 6.21. The molecule has 1 atom stereocenters. The molecule has 2 N–H and O–H groups in total. The lowest BCUT2D eigenvalue weighted by Crippen LogP contribution is -2.53. The quantitative estimate of drug-likeness (QED) is 0.799. The summed E-state index contributed by atoms with van der Waals surface area (Å²) in [7, 11) is 0. The van der Waals surface area contributed by atoms with Crippen molar-refractivity contribution >= 4 is 5.69 Å². The minimum absolute atomic E-state index is 0.0963. The first-order valence-corrected chi connectivity index (χ1v) is 6.21. The summed E-state index contributed by atoms with van der Waals surface area (Å²) in [5, 5.41) is 0. The normalized spacial score (nSPS) is 22.3. The Bertz CT molecular complexity index is 372. The molecule has 1 aromatic rings. The van der Waals surface area contributed by atoms with E-state index in [1.165, 1.54) is 5.56 Å². The molecule has 0 aromatic heterocycles. The maximum Gasteiger partial charge on any atom is 0.0645 e. The summed E-state index contributed by atoms with van der Waals surface area (Å²) in [6, 6.07) is 8.57. The molecule has 0 amide bonds. The summed E-state index contributed by atoms with van der Waals surface area (Å²) >= 11 is 0. The summed E-state index contributed by atoms with van der Waals surface area (Å²) in [4.78, 5) is 2.50. The standard InChI is InChI=1S/C14H22N2O/c1-11(12-4-6-13(15)7-5-12)16-8-9-17-10-14(16,2)3/h4-7,11H,8-10,15H2,1-3H3. The fraction of sp³-hybridized carbons (Fsp3) is 0.571. The van der Waals surface area contributed by atoms with Crippen LogP contribution in [0.3, 0.4) is 0 Å². The molecule has 2 rings (SSSR count). The van der Waals surface area contributed by atoms with Gasteiger partial charge < -0.3 is 10.5 Å². The SMILES string of the molecule is CC(c1ccc(N)cc1)N1CCOCC1(C)C. The van der Waals surface area contributed by atoms with E-state index in [4.69, 9.17) is 10.5 Å². The number of nitrogen functional groups attached to an aromatic ring is 1. The second kappa shape index (κ2) is 4.67. The number of ether oxygens (including phenoxy) is 1. The van der Waals surface area contributed by atoms with E-state index in [1.807, 2.05) is 12.1 Å². The van der Waals surface area contributed by atoms with Crippen molar-refractivity contribution in [1.82, 2.24) is 4.90 Å². The molecule has 1 aliphatic rings. The van der Waals surface area contributed by atoms with Crippen LogP contribution in [0.1, 0.15) is 32.4 Å². The molecule has 1 aromatic carbocycles. The van der Waals surface area contributed by atoms with E-state index < -0.39 is 0 Å². The number of rotatable bonds is 2. The van der Waals surface area contributed by atoms with Gasteiger partial charge in [-0.1, -0.05) is 12.1 Å². The summed E-state index contributed by atoms with van der Waals surface area (Å²) in [6.07, 6.45) is 0. The van der Waals surface area contributed by atoms with E-state index in [2.05, 4.69) is 37.8 Å². The molecular formula is C14H22N2O. The lowest BCUT2D eigenvalue weighted by Gasteiger charge is -2.45.